The summed E-state index contributed by atoms with van der Waals surface area (Å²) in [6, 6.07) is 0. The molecule has 0 aromatic rings. The van der Waals surface area contributed by atoms with Crippen molar-refractivity contribution >= 4 is 61.8 Å². The number of carboxylic acids is 1. The molecule has 2 aliphatic heterocycles. The molecular weight excluding hydrogens is 1170 g/mol. The molecule has 8 bridgehead atoms. The Morgan fingerprint density at radius 3 is 1.65 bits per heavy atom. The SMILES string of the molecule is C=C(C)C(=O)O.C=C(C)C(=O)OC12CC3CC(CC(O)(C3)C1)C2.C=C(C)C(=O)OC1C2CC3C(=O)OC1C3C2.C=C(C)C(=O)OC1CCOC1=O.C=C(C)C(=O)OCCNS(=O)(=O)C(F)(F)F.O=S(=O)(NCCC1CC2C=CC1C2)C(F)(F)F. The van der Waals surface area contributed by atoms with E-state index in [0.29, 0.717) is 72.5 Å². The van der Waals surface area contributed by atoms with Crippen LogP contribution in [0.1, 0.15) is 112 Å². The molecule has 11 atom stereocenters. The third-order valence-corrected chi connectivity index (χ3v) is 17.7. The van der Waals surface area contributed by atoms with Crippen LogP contribution in [-0.4, -0.2) is 136 Å². The standard InChI is InChI=1S/C14H20O3.C12H14O4.C10H14F3NO2S.C8H10O4.C7H10F3NO4S.C4H6O2/c1-9(2)12(15)17-14-6-10-3-11(7-14)5-13(16,4-10)8-14;1-5(2)11(13)15-9-6-3-7-8(4-6)12(14)16-10(7)9;11-10(12,13)17(15,16)14-4-3-9-6-7-1-2-8(9)5-7;1-5(2)7(9)12-6-3-4-11-8(6)10;1-5(2)6(12)15-4-3-11-16(13,14)7(8,9)10;1-3(2)4(5)6/h10-11,16H,1,3-8H2,2H3;6-10H,1,3-4H2,2H3;1-2,7-9,14H,3-6H2;6H,1,3-4H2,2H3;11H,1,3-4H2,2H3;1H2,2H3,(H,5,6). The van der Waals surface area contributed by atoms with Gasteiger partial charge in [0.05, 0.1) is 18.1 Å². The first kappa shape index (κ1) is 70.6. The highest BCUT2D eigenvalue weighted by Crippen LogP contribution is 2.59. The first-order chi connectivity index (χ1) is 38.6. The molecule has 8 aliphatic carbocycles. The molecule has 0 aromatic heterocycles. The van der Waals surface area contributed by atoms with Crippen molar-refractivity contribution in [3.63, 3.8) is 0 Å². The molecule has 29 heteroatoms. The minimum atomic E-state index is -5.38. The zero-order chi connectivity index (χ0) is 63.7. The topological polar surface area (TPSA) is 308 Å². The highest BCUT2D eigenvalue weighted by atomic mass is 32.2. The molecule has 11 unspecified atom stereocenters. The van der Waals surface area contributed by atoms with Gasteiger partial charge in [0.1, 0.15) is 24.4 Å². The molecule has 84 heavy (non-hydrogen) atoms. The molecule has 472 valence electrons. The second kappa shape index (κ2) is 28.5. The Bertz CT molecular complexity index is 2810. The van der Waals surface area contributed by atoms with E-state index < -0.39 is 85.4 Å². The number of hydrogen-bond acceptors (Lipinski definition) is 18. The number of alkyl halides is 6. The number of halogens is 6. The molecular formula is C55H74F6N2O19S2. The Morgan fingerprint density at radius 1 is 0.690 bits per heavy atom. The second-order valence-electron chi connectivity index (χ2n) is 22.7. The van der Waals surface area contributed by atoms with Gasteiger partial charge in [-0.05, 0) is 128 Å². The summed E-state index contributed by atoms with van der Waals surface area (Å²) in [5.41, 5.74) is -10.2. The normalized spacial score (nSPS) is 30.3. The summed E-state index contributed by atoms with van der Waals surface area (Å²) in [5, 5.41) is 18.4. The molecule has 0 aromatic carbocycles. The van der Waals surface area contributed by atoms with E-state index in [9.17, 15) is 81.8 Å². The highest BCUT2D eigenvalue weighted by molar-refractivity contribution is 7.90. The van der Waals surface area contributed by atoms with Crippen molar-refractivity contribution in [3.8, 4) is 0 Å². The molecule has 7 saturated carbocycles. The summed E-state index contributed by atoms with van der Waals surface area (Å²) < 4.78 is 147. The van der Waals surface area contributed by atoms with Gasteiger partial charge in [-0.3, -0.25) is 4.79 Å². The largest absolute Gasteiger partial charge is 0.511 e. The number of nitrogens with one attached hydrogen (secondary N) is 2. The third kappa shape index (κ3) is 19.3. The Hall–Kier alpha value is -5.91. The smallest absolute Gasteiger partial charge is 0.478 e. The van der Waals surface area contributed by atoms with Gasteiger partial charge in [-0.25, -0.2) is 55.0 Å². The zero-order valence-electron chi connectivity index (χ0n) is 47.3. The second-order valence-corrected chi connectivity index (χ2v) is 26.3. The fourth-order valence-electron chi connectivity index (χ4n) is 11.8. The maximum atomic E-state index is 12.0. The van der Waals surface area contributed by atoms with Crippen LogP contribution in [0, 0.1) is 47.3 Å². The van der Waals surface area contributed by atoms with Crippen LogP contribution >= 0.6 is 0 Å². The Morgan fingerprint density at radius 2 is 1.21 bits per heavy atom. The number of ether oxygens (including phenoxy) is 6. The number of carbonyl (C=O) groups is 7. The van der Waals surface area contributed by atoms with Crippen molar-refractivity contribution in [1.29, 1.82) is 0 Å². The number of allylic oxidation sites excluding steroid dienone is 2. The van der Waals surface area contributed by atoms with E-state index in [1.807, 2.05) is 0 Å². The van der Waals surface area contributed by atoms with Crippen molar-refractivity contribution in [3.05, 3.63) is 72.9 Å². The first-order valence-electron chi connectivity index (χ1n) is 26.8. The molecule has 4 N–H and O–H groups in total. The Labute approximate surface area is 483 Å². The molecule has 2 saturated heterocycles. The van der Waals surface area contributed by atoms with Crippen molar-refractivity contribution < 1.29 is 115 Å². The molecule has 10 aliphatic rings. The Balaban J connectivity index is 0.000000221. The van der Waals surface area contributed by atoms with Gasteiger partial charge >= 0.3 is 72.8 Å². The first-order valence-corrected chi connectivity index (χ1v) is 29.8. The average Bonchev–Trinajstić information content (AvgIpc) is 4.29. The van der Waals surface area contributed by atoms with Crippen LogP contribution in [0.4, 0.5) is 26.3 Å². The molecule has 21 nitrogen and oxygen atoms in total. The summed E-state index contributed by atoms with van der Waals surface area (Å²) in [4.78, 5) is 76.7. The summed E-state index contributed by atoms with van der Waals surface area (Å²) in [6.07, 6.45) is 13.3. The lowest BCUT2D eigenvalue weighted by molar-refractivity contribution is -0.217. The number of hydrogen-bond donors (Lipinski definition) is 4. The van der Waals surface area contributed by atoms with Gasteiger partial charge in [0, 0.05) is 65.6 Å². The highest BCUT2D eigenvalue weighted by Gasteiger charge is 2.63. The van der Waals surface area contributed by atoms with Crippen LogP contribution in [0.15, 0.2) is 72.9 Å². The lowest BCUT2D eigenvalue weighted by atomic mass is 9.52. The summed E-state index contributed by atoms with van der Waals surface area (Å²) in [5.74, 6) is -0.507. The maximum Gasteiger partial charge on any atom is 0.511 e. The summed E-state index contributed by atoms with van der Waals surface area (Å²) >= 11 is 0. The monoisotopic (exact) mass is 1240 g/mol. The predicted octanol–water partition coefficient (Wildman–Crippen LogP) is 6.89. The van der Waals surface area contributed by atoms with Crippen LogP contribution in [0.25, 0.3) is 0 Å². The van der Waals surface area contributed by atoms with Crippen molar-refractivity contribution in [1.82, 2.24) is 9.44 Å². The van der Waals surface area contributed by atoms with Crippen molar-refractivity contribution in [2.45, 2.75) is 152 Å². The van der Waals surface area contributed by atoms with Crippen molar-refractivity contribution in [2.75, 3.05) is 26.3 Å². The lowest BCUT2D eigenvalue weighted by Gasteiger charge is -2.59. The zero-order valence-corrected chi connectivity index (χ0v) is 48.9. The maximum absolute atomic E-state index is 12.0. The number of fused-ring (bicyclic) bond motifs is 3. The van der Waals surface area contributed by atoms with E-state index in [1.165, 1.54) is 31.9 Å². The number of rotatable bonds is 16. The number of aliphatic carboxylic acids is 1. The van der Waals surface area contributed by atoms with Crippen LogP contribution in [-0.2, 0) is 82.0 Å². The summed E-state index contributed by atoms with van der Waals surface area (Å²) in [6.45, 7) is 23.6. The van der Waals surface area contributed by atoms with Gasteiger partial charge in [0.2, 0.25) is 6.10 Å². The minimum absolute atomic E-state index is 0.0646. The Kier molecular flexibility index (Phi) is 24.0. The molecule has 0 spiro atoms. The quantitative estimate of drug-likeness (QED) is 0.0305. The molecule has 0 radical (unpaired) electrons. The molecule has 10 rings (SSSR count). The summed E-state index contributed by atoms with van der Waals surface area (Å²) in [7, 11) is -10.6. The van der Waals surface area contributed by atoms with Gasteiger partial charge in [-0.2, -0.15) is 26.3 Å². The van der Waals surface area contributed by atoms with E-state index >= 15 is 0 Å². The van der Waals surface area contributed by atoms with E-state index in [4.69, 9.17) is 24.1 Å². The number of sulfonamides is 2. The van der Waals surface area contributed by atoms with Crippen LogP contribution < -0.4 is 9.44 Å². The molecule has 2 heterocycles. The average molecular weight is 1250 g/mol. The minimum Gasteiger partial charge on any atom is -0.478 e. The van der Waals surface area contributed by atoms with Gasteiger partial charge in [0.15, 0.2) is 0 Å². The number of carboxylic acid groups (broad SMARTS) is 1. The molecule has 9 fully saturated rings. The van der Waals surface area contributed by atoms with Crippen LogP contribution in [0.5, 0.6) is 0 Å². The fourth-order valence-corrected chi connectivity index (χ4v) is 12.9. The van der Waals surface area contributed by atoms with E-state index in [1.54, 1.807) is 18.6 Å². The number of cyclic esters (lactones) is 1. The third-order valence-electron chi connectivity index (χ3n) is 15.3. The predicted molar refractivity (Wildman–Crippen MR) is 285 cm³/mol. The number of carbonyl (C=O) groups excluding carboxylic acids is 6. The van der Waals surface area contributed by atoms with Gasteiger partial charge < -0.3 is 38.6 Å². The van der Waals surface area contributed by atoms with E-state index in [2.05, 4.69) is 54.5 Å². The van der Waals surface area contributed by atoms with Gasteiger partial charge in [-0.1, -0.05) is 45.0 Å². The number of esters is 6. The van der Waals surface area contributed by atoms with Crippen LogP contribution in [0.3, 0.4) is 0 Å². The van der Waals surface area contributed by atoms with E-state index in [0.717, 1.165) is 51.4 Å². The van der Waals surface area contributed by atoms with Crippen molar-refractivity contribution in [2.24, 2.45) is 47.3 Å². The van der Waals surface area contributed by atoms with E-state index in [-0.39, 0.29) is 65.2 Å². The van der Waals surface area contributed by atoms with Gasteiger partial charge in [-0.15, -0.1) is 0 Å². The number of aliphatic hydroxyl groups is 1. The van der Waals surface area contributed by atoms with Crippen LogP contribution in [0.2, 0.25) is 0 Å². The molecule has 0 amide bonds. The fraction of sp³-hybridized carbons (Fsp3) is 0.655. The van der Waals surface area contributed by atoms with Gasteiger partial charge in [0.25, 0.3) is 0 Å². The lowest BCUT2D eigenvalue weighted by Crippen LogP contribution is -2.60.